The van der Waals surface area contributed by atoms with E-state index in [0.717, 1.165) is 23.2 Å². The predicted octanol–water partition coefficient (Wildman–Crippen LogP) is 4.57. The van der Waals surface area contributed by atoms with Gasteiger partial charge < -0.3 is 20.1 Å². The highest BCUT2D eigenvalue weighted by atomic mass is 16.2. The summed E-state index contributed by atoms with van der Waals surface area (Å²) in [5, 5.41) is 5.88. The second kappa shape index (κ2) is 12.0. The molecule has 0 aliphatic heterocycles. The van der Waals surface area contributed by atoms with Crippen molar-refractivity contribution in [3.63, 3.8) is 0 Å². The summed E-state index contributed by atoms with van der Waals surface area (Å²) >= 11 is 0. The molecule has 0 fully saturated rings. The summed E-state index contributed by atoms with van der Waals surface area (Å²) in [4.78, 5) is 31.3. The van der Waals surface area contributed by atoms with E-state index in [1.54, 1.807) is 36.8 Å². The average Bonchev–Trinajstić information content (AvgIpc) is 3.40. The van der Waals surface area contributed by atoms with Gasteiger partial charge in [-0.3, -0.25) is 9.59 Å². The van der Waals surface area contributed by atoms with Gasteiger partial charge in [0.1, 0.15) is 0 Å². The van der Waals surface area contributed by atoms with Crippen molar-refractivity contribution in [3.8, 4) is 11.1 Å². The second-order valence-electron chi connectivity index (χ2n) is 8.95. The van der Waals surface area contributed by atoms with Crippen LogP contribution in [0.15, 0.2) is 91.5 Å². The molecular formula is C29H31N5O2. The average molecular weight is 482 g/mol. The van der Waals surface area contributed by atoms with Crippen LogP contribution < -0.4 is 10.6 Å². The van der Waals surface area contributed by atoms with Crippen LogP contribution in [-0.4, -0.2) is 40.4 Å². The Labute approximate surface area is 211 Å². The second-order valence-corrected chi connectivity index (χ2v) is 8.95. The Kier molecular flexibility index (Phi) is 8.26. The Balaban J connectivity index is 1.37. The van der Waals surface area contributed by atoms with E-state index in [0.29, 0.717) is 30.8 Å². The number of anilines is 1. The van der Waals surface area contributed by atoms with Crippen LogP contribution in [0.25, 0.3) is 11.1 Å². The molecule has 0 aliphatic rings. The molecule has 7 nitrogen and oxygen atoms in total. The van der Waals surface area contributed by atoms with Crippen molar-refractivity contribution in [1.29, 1.82) is 0 Å². The van der Waals surface area contributed by atoms with E-state index in [1.807, 2.05) is 29.0 Å². The van der Waals surface area contributed by atoms with Crippen LogP contribution in [0.4, 0.5) is 5.69 Å². The van der Waals surface area contributed by atoms with Crippen LogP contribution in [0.1, 0.15) is 27.9 Å². The van der Waals surface area contributed by atoms with Gasteiger partial charge in [0, 0.05) is 49.7 Å². The maximum absolute atomic E-state index is 12.9. The molecule has 2 amide bonds. The molecule has 1 heterocycles. The first kappa shape index (κ1) is 24.9. The Morgan fingerprint density at radius 3 is 2.53 bits per heavy atom. The lowest BCUT2D eigenvalue weighted by Crippen LogP contribution is -2.23. The molecule has 184 valence electrons. The third kappa shape index (κ3) is 6.90. The molecule has 0 radical (unpaired) electrons. The maximum Gasteiger partial charge on any atom is 0.251 e. The molecule has 2 N–H and O–H groups in total. The molecule has 0 saturated carbocycles. The highest BCUT2D eigenvalue weighted by Gasteiger charge is 2.11. The molecule has 0 spiro atoms. The van der Waals surface area contributed by atoms with Gasteiger partial charge in [0.05, 0.1) is 6.33 Å². The number of nitrogens with zero attached hydrogens (tertiary/aromatic N) is 3. The smallest absolute Gasteiger partial charge is 0.251 e. The monoisotopic (exact) mass is 481 g/mol. The fourth-order valence-electron chi connectivity index (χ4n) is 4.00. The highest BCUT2D eigenvalue weighted by molar-refractivity contribution is 5.97. The van der Waals surface area contributed by atoms with Gasteiger partial charge in [-0.25, -0.2) is 4.98 Å². The number of aryl methyl sites for hydroxylation is 1. The highest BCUT2D eigenvalue weighted by Crippen LogP contribution is 2.24. The molecule has 4 aromatic rings. The molecule has 7 heteroatoms. The molecule has 0 atom stereocenters. The first-order valence-corrected chi connectivity index (χ1v) is 11.9. The number of aromatic nitrogens is 2. The zero-order chi connectivity index (χ0) is 25.3. The van der Waals surface area contributed by atoms with E-state index in [-0.39, 0.29) is 11.8 Å². The van der Waals surface area contributed by atoms with Gasteiger partial charge in [-0.05, 0) is 54.5 Å². The van der Waals surface area contributed by atoms with E-state index < -0.39 is 0 Å². The molecule has 36 heavy (non-hydrogen) atoms. The van der Waals surface area contributed by atoms with E-state index in [9.17, 15) is 9.59 Å². The van der Waals surface area contributed by atoms with Gasteiger partial charge in [-0.15, -0.1) is 0 Å². The number of imidazole rings is 1. The lowest BCUT2D eigenvalue weighted by molar-refractivity contribution is -0.116. The van der Waals surface area contributed by atoms with E-state index >= 15 is 0 Å². The van der Waals surface area contributed by atoms with Crippen LogP contribution in [-0.2, 0) is 24.4 Å². The number of benzene rings is 3. The number of rotatable bonds is 10. The molecular weight excluding hydrogens is 450 g/mol. The van der Waals surface area contributed by atoms with Crippen molar-refractivity contribution < 1.29 is 9.59 Å². The zero-order valence-corrected chi connectivity index (χ0v) is 20.6. The summed E-state index contributed by atoms with van der Waals surface area (Å²) in [5.74, 6) is -0.313. The van der Waals surface area contributed by atoms with Gasteiger partial charge in [0.2, 0.25) is 5.91 Å². The molecule has 0 aliphatic carbocycles. The number of hydrogen-bond acceptors (Lipinski definition) is 4. The van der Waals surface area contributed by atoms with Gasteiger partial charge in [-0.2, -0.15) is 0 Å². The first-order chi connectivity index (χ1) is 17.5. The Hall–Kier alpha value is -4.23. The first-order valence-electron chi connectivity index (χ1n) is 11.9. The third-order valence-electron chi connectivity index (χ3n) is 5.79. The van der Waals surface area contributed by atoms with Gasteiger partial charge >= 0.3 is 0 Å². The van der Waals surface area contributed by atoms with Crippen molar-refractivity contribution in [1.82, 2.24) is 19.8 Å². The summed E-state index contributed by atoms with van der Waals surface area (Å²) < 4.78 is 1.85. The number of carbonyl (C=O) groups excluding carboxylic acids is 2. The molecule has 1 aromatic heterocycles. The van der Waals surface area contributed by atoms with Crippen LogP contribution >= 0.6 is 0 Å². The molecule has 4 rings (SSSR count). The summed E-state index contributed by atoms with van der Waals surface area (Å²) in [5.41, 5.74) is 5.58. The minimum absolute atomic E-state index is 0.119. The van der Waals surface area contributed by atoms with Gasteiger partial charge in [-0.1, -0.05) is 54.6 Å². The van der Waals surface area contributed by atoms with Gasteiger partial charge in [0.25, 0.3) is 5.91 Å². The van der Waals surface area contributed by atoms with Crippen molar-refractivity contribution >= 4 is 17.5 Å². The number of nitrogens with one attached hydrogen (secondary N) is 2. The Morgan fingerprint density at radius 2 is 1.78 bits per heavy atom. The van der Waals surface area contributed by atoms with Crippen LogP contribution in [0, 0.1) is 0 Å². The number of carbonyl (C=O) groups is 2. The minimum atomic E-state index is -0.194. The zero-order valence-electron chi connectivity index (χ0n) is 20.6. The normalized spacial score (nSPS) is 10.9. The topological polar surface area (TPSA) is 79.3 Å². The predicted molar refractivity (Wildman–Crippen MR) is 142 cm³/mol. The third-order valence-corrected chi connectivity index (χ3v) is 5.79. The molecule has 0 unspecified atom stereocenters. The summed E-state index contributed by atoms with van der Waals surface area (Å²) in [6.45, 7) is 1.84. The maximum atomic E-state index is 12.9. The Bertz CT molecular complexity index is 1300. The summed E-state index contributed by atoms with van der Waals surface area (Å²) in [6.07, 6.45) is 5.49. The Morgan fingerprint density at radius 1 is 0.972 bits per heavy atom. The SMILES string of the molecule is CN(C)Cc1ccc(-c2ccccc2CNC(=O)c2cccc(NC(=O)CCn3ccnc3)c2)cc1. The fraction of sp³-hybridized carbons (Fsp3) is 0.207. The molecule has 0 bridgehead atoms. The lowest BCUT2D eigenvalue weighted by Gasteiger charge is -2.13. The molecule has 0 saturated heterocycles. The van der Waals surface area contributed by atoms with Crippen LogP contribution in [0.2, 0.25) is 0 Å². The van der Waals surface area contributed by atoms with Gasteiger partial charge in [0.15, 0.2) is 0 Å². The summed E-state index contributed by atoms with van der Waals surface area (Å²) in [6, 6.07) is 23.6. The van der Waals surface area contributed by atoms with Crippen molar-refractivity contribution in [2.75, 3.05) is 19.4 Å². The van der Waals surface area contributed by atoms with E-state index in [1.165, 1.54) is 5.56 Å². The van der Waals surface area contributed by atoms with Crippen molar-refractivity contribution in [3.05, 3.63) is 108 Å². The molecule has 3 aromatic carbocycles. The van der Waals surface area contributed by atoms with Crippen molar-refractivity contribution in [2.24, 2.45) is 0 Å². The summed E-state index contributed by atoms with van der Waals surface area (Å²) in [7, 11) is 4.11. The van der Waals surface area contributed by atoms with E-state index in [4.69, 9.17) is 0 Å². The number of hydrogen-bond donors (Lipinski definition) is 2. The fourth-order valence-corrected chi connectivity index (χ4v) is 4.00. The lowest BCUT2D eigenvalue weighted by atomic mass is 9.98. The van der Waals surface area contributed by atoms with Crippen molar-refractivity contribution in [2.45, 2.75) is 26.1 Å². The standard InChI is InChI=1S/C29H31N5O2/c1-33(2)20-22-10-12-23(13-11-22)27-9-4-3-6-25(27)19-31-29(36)24-7-5-8-26(18-24)32-28(35)14-16-34-17-15-30-21-34/h3-13,15,17-18,21H,14,16,19-20H2,1-2H3,(H,31,36)(H,32,35). The largest absolute Gasteiger partial charge is 0.348 e. The van der Waals surface area contributed by atoms with E-state index in [2.05, 4.69) is 64.9 Å². The minimum Gasteiger partial charge on any atom is -0.348 e. The number of amides is 2. The van der Waals surface area contributed by atoms with Crippen LogP contribution in [0.5, 0.6) is 0 Å². The van der Waals surface area contributed by atoms with Crippen LogP contribution in [0.3, 0.4) is 0 Å². The quantitative estimate of drug-likeness (QED) is 0.348.